The molecule has 0 spiro atoms. The first-order valence-corrected chi connectivity index (χ1v) is 16.6. The molecule has 260 valence electrons. The van der Waals surface area contributed by atoms with Crippen molar-refractivity contribution in [3.8, 4) is 16.9 Å². The SMILES string of the molecule is COc1cc(F)c(-c2ccc(C(=O)OCC(C)C)cc2)cc1C(=O)N[C@H]1[C@@H](C(=O)Nc2ccc(F)c(S(=O)(=O)C(F)(F)F)c2)[C@@H]2C=C[C@H]1C2. The van der Waals surface area contributed by atoms with Gasteiger partial charge in [0.2, 0.25) is 5.91 Å². The molecule has 2 amide bonds. The van der Waals surface area contributed by atoms with E-state index in [1.54, 1.807) is 6.08 Å². The summed E-state index contributed by atoms with van der Waals surface area (Å²) in [4.78, 5) is 37.8. The van der Waals surface area contributed by atoms with Crippen LogP contribution in [0.4, 0.5) is 27.6 Å². The number of amides is 2. The molecule has 2 bridgehead atoms. The summed E-state index contributed by atoms with van der Waals surface area (Å²) >= 11 is 0. The molecule has 0 heterocycles. The van der Waals surface area contributed by atoms with Crippen LogP contribution in [-0.2, 0) is 19.4 Å². The maximum Gasteiger partial charge on any atom is 0.502 e. The zero-order valence-corrected chi connectivity index (χ0v) is 27.1. The Morgan fingerprint density at radius 2 is 1.61 bits per heavy atom. The van der Waals surface area contributed by atoms with E-state index in [-0.39, 0.29) is 46.8 Å². The Morgan fingerprint density at radius 1 is 0.939 bits per heavy atom. The first-order valence-electron chi connectivity index (χ1n) is 15.1. The second kappa shape index (κ2) is 13.6. The van der Waals surface area contributed by atoms with Gasteiger partial charge in [-0.25, -0.2) is 22.0 Å². The van der Waals surface area contributed by atoms with Crippen LogP contribution < -0.4 is 15.4 Å². The van der Waals surface area contributed by atoms with E-state index in [4.69, 9.17) is 9.47 Å². The van der Waals surface area contributed by atoms with E-state index in [9.17, 15) is 40.4 Å². The Hall–Kier alpha value is -4.79. The summed E-state index contributed by atoms with van der Waals surface area (Å²) in [7, 11) is -4.80. The Morgan fingerprint density at radius 3 is 2.24 bits per heavy atom. The number of esters is 1. The number of hydrogen-bond donors (Lipinski definition) is 2. The molecule has 0 radical (unpaired) electrons. The number of carbonyl (C=O) groups is 3. The summed E-state index contributed by atoms with van der Waals surface area (Å²) in [6, 6.07) is 9.22. The van der Waals surface area contributed by atoms with Crippen LogP contribution in [0.25, 0.3) is 11.1 Å². The molecule has 3 aromatic rings. The van der Waals surface area contributed by atoms with Gasteiger partial charge in [0, 0.05) is 23.4 Å². The first kappa shape index (κ1) is 35.5. The van der Waals surface area contributed by atoms with Crippen molar-refractivity contribution in [3.63, 3.8) is 0 Å². The van der Waals surface area contributed by atoms with Crippen molar-refractivity contribution in [3.05, 3.63) is 89.5 Å². The number of hydrogen-bond acceptors (Lipinski definition) is 7. The minimum atomic E-state index is -6.05. The summed E-state index contributed by atoms with van der Waals surface area (Å²) < 4.78 is 103. The highest BCUT2D eigenvalue weighted by atomic mass is 32.2. The van der Waals surface area contributed by atoms with Crippen LogP contribution in [0.5, 0.6) is 5.75 Å². The van der Waals surface area contributed by atoms with E-state index < -0.39 is 67.3 Å². The number of anilines is 1. The smallest absolute Gasteiger partial charge is 0.496 e. The third kappa shape index (κ3) is 7.16. The van der Waals surface area contributed by atoms with Crippen LogP contribution in [0.2, 0.25) is 0 Å². The quantitative estimate of drug-likeness (QED) is 0.144. The fraction of sp³-hybridized carbons (Fsp3) is 0.324. The van der Waals surface area contributed by atoms with Gasteiger partial charge in [0.1, 0.15) is 22.3 Å². The fourth-order valence-corrected chi connectivity index (χ4v) is 6.83. The summed E-state index contributed by atoms with van der Waals surface area (Å²) in [5, 5.41) is 5.17. The number of methoxy groups -OCH3 is 1. The van der Waals surface area contributed by atoms with Gasteiger partial charge >= 0.3 is 11.5 Å². The van der Waals surface area contributed by atoms with Crippen molar-refractivity contribution in [2.75, 3.05) is 19.0 Å². The second-order valence-electron chi connectivity index (χ2n) is 12.2. The molecule has 0 aromatic heterocycles. The number of alkyl halides is 3. The van der Waals surface area contributed by atoms with Gasteiger partial charge in [0.05, 0.1) is 30.8 Å². The third-order valence-corrected chi connectivity index (χ3v) is 9.87. The van der Waals surface area contributed by atoms with E-state index in [1.165, 1.54) is 37.4 Å². The Bertz CT molecular complexity index is 1930. The van der Waals surface area contributed by atoms with Crippen LogP contribution in [0, 0.1) is 35.3 Å². The molecule has 49 heavy (non-hydrogen) atoms. The number of carbonyl (C=O) groups excluding carboxylic acids is 3. The van der Waals surface area contributed by atoms with Crippen molar-refractivity contribution in [2.24, 2.45) is 23.7 Å². The zero-order valence-electron chi connectivity index (χ0n) is 26.3. The van der Waals surface area contributed by atoms with Gasteiger partial charge in [0.15, 0.2) is 0 Å². The lowest BCUT2D eigenvalue weighted by Gasteiger charge is -2.28. The number of allylic oxidation sites excluding steroid dienone is 1. The second-order valence-corrected chi connectivity index (χ2v) is 14.1. The van der Waals surface area contributed by atoms with Crippen molar-refractivity contribution < 1.29 is 54.2 Å². The summed E-state index contributed by atoms with van der Waals surface area (Å²) in [6.45, 7) is 4.01. The lowest BCUT2D eigenvalue weighted by atomic mass is 9.87. The van der Waals surface area contributed by atoms with E-state index in [0.717, 1.165) is 12.1 Å². The lowest BCUT2D eigenvalue weighted by Crippen LogP contribution is -2.47. The molecule has 3 aromatic carbocycles. The summed E-state index contributed by atoms with van der Waals surface area (Å²) in [6.07, 6.45) is 4.03. The van der Waals surface area contributed by atoms with Gasteiger partial charge in [-0.3, -0.25) is 9.59 Å². The number of sulfone groups is 1. The number of ether oxygens (including phenoxy) is 2. The number of rotatable bonds is 10. The van der Waals surface area contributed by atoms with Crippen LogP contribution in [0.1, 0.15) is 41.0 Å². The number of benzene rings is 3. The van der Waals surface area contributed by atoms with Crippen molar-refractivity contribution in [1.82, 2.24) is 5.32 Å². The largest absolute Gasteiger partial charge is 0.502 e. The highest BCUT2D eigenvalue weighted by molar-refractivity contribution is 7.92. The van der Waals surface area contributed by atoms with Gasteiger partial charge < -0.3 is 20.1 Å². The van der Waals surface area contributed by atoms with Gasteiger partial charge in [0.25, 0.3) is 15.7 Å². The van der Waals surface area contributed by atoms with Crippen LogP contribution in [0.3, 0.4) is 0 Å². The molecule has 2 aliphatic rings. The maximum absolute atomic E-state index is 15.2. The molecule has 2 aliphatic carbocycles. The molecule has 1 fully saturated rings. The predicted octanol–water partition coefficient (Wildman–Crippen LogP) is 6.31. The first-order chi connectivity index (χ1) is 23.0. The molecule has 4 atom stereocenters. The van der Waals surface area contributed by atoms with Crippen LogP contribution in [0.15, 0.2) is 71.6 Å². The van der Waals surface area contributed by atoms with Crippen LogP contribution >= 0.6 is 0 Å². The summed E-state index contributed by atoms with van der Waals surface area (Å²) in [5.41, 5.74) is -5.60. The molecular formula is C34H31F5N2O7S. The number of halogens is 5. The minimum absolute atomic E-state index is 0.0242. The molecule has 2 N–H and O–H groups in total. The van der Waals surface area contributed by atoms with E-state index >= 15 is 4.39 Å². The average molecular weight is 707 g/mol. The lowest BCUT2D eigenvalue weighted by molar-refractivity contribution is -0.121. The molecule has 0 unspecified atom stereocenters. The molecule has 1 saturated carbocycles. The van der Waals surface area contributed by atoms with Crippen molar-refractivity contribution in [2.45, 2.75) is 36.7 Å². The van der Waals surface area contributed by atoms with E-state index in [1.807, 2.05) is 19.9 Å². The molecule has 0 saturated heterocycles. The monoisotopic (exact) mass is 706 g/mol. The average Bonchev–Trinajstić information content (AvgIpc) is 3.66. The highest BCUT2D eigenvalue weighted by Crippen LogP contribution is 2.45. The van der Waals surface area contributed by atoms with Gasteiger partial charge in [-0.1, -0.05) is 38.1 Å². The number of fused-ring (bicyclic) bond motifs is 2. The Kier molecular flexibility index (Phi) is 9.86. The van der Waals surface area contributed by atoms with Gasteiger partial charge in [-0.05, 0) is 66.1 Å². The molecular weight excluding hydrogens is 675 g/mol. The highest BCUT2D eigenvalue weighted by Gasteiger charge is 2.50. The van der Waals surface area contributed by atoms with Crippen molar-refractivity contribution in [1.29, 1.82) is 0 Å². The fourth-order valence-electron chi connectivity index (χ4n) is 5.98. The molecule has 9 nitrogen and oxygen atoms in total. The summed E-state index contributed by atoms with van der Waals surface area (Å²) in [5.74, 6) is -5.96. The van der Waals surface area contributed by atoms with E-state index in [2.05, 4.69) is 10.6 Å². The van der Waals surface area contributed by atoms with Gasteiger partial charge in [-0.15, -0.1) is 0 Å². The maximum atomic E-state index is 15.2. The minimum Gasteiger partial charge on any atom is -0.496 e. The molecule has 0 aliphatic heterocycles. The van der Waals surface area contributed by atoms with Crippen LogP contribution in [-0.4, -0.2) is 51.5 Å². The molecule has 15 heteroatoms. The number of nitrogens with one attached hydrogen (secondary N) is 2. The standard InChI is InChI=1S/C34H31F5N2O7S/c1-17(2)16-48-33(44)19-6-4-18(5-7-19)23-14-24(27(47-3)15-26(23)36)31(42)41-30-21-9-8-20(12-21)29(30)32(43)40-22-10-11-25(35)28(13-22)49(45,46)34(37,38)39/h4-11,13-15,17,20-21,29-30H,12,16H2,1-3H3,(H,40,43)(H,41,42)/t20-,21+,29+,30-/m1/s1. The topological polar surface area (TPSA) is 128 Å². The Labute approximate surface area is 278 Å². The third-order valence-electron chi connectivity index (χ3n) is 8.37. The normalized spacial score (nSPS) is 19.9. The predicted molar refractivity (Wildman–Crippen MR) is 167 cm³/mol. The molecule has 5 rings (SSSR count). The Balaban J connectivity index is 1.38. The zero-order chi connectivity index (χ0) is 35.8. The van der Waals surface area contributed by atoms with Crippen molar-refractivity contribution >= 4 is 33.3 Å². The van der Waals surface area contributed by atoms with E-state index in [0.29, 0.717) is 24.1 Å². The van der Waals surface area contributed by atoms with Gasteiger partial charge in [-0.2, -0.15) is 13.2 Å².